The van der Waals surface area contributed by atoms with E-state index in [1.807, 2.05) is 6.92 Å². The van der Waals surface area contributed by atoms with Gasteiger partial charge in [0.05, 0.1) is 11.9 Å². The van der Waals surface area contributed by atoms with Crippen LogP contribution in [0.4, 0.5) is 4.39 Å². The van der Waals surface area contributed by atoms with Crippen molar-refractivity contribution in [2.75, 3.05) is 0 Å². The Morgan fingerprint density at radius 2 is 2.09 bits per heavy atom. The summed E-state index contributed by atoms with van der Waals surface area (Å²) in [7, 11) is 0. The summed E-state index contributed by atoms with van der Waals surface area (Å²) in [5.41, 5.74) is 2.76. The number of rotatable bonds is 4. The topological polar surface area (TPSA) is 65.7 Å². The van der Waals surface area contributed by atoms with Gasteiger partial charge in [0, 0.05) is 11.9 Å². The maximum absolute atomic E-state index is 13.3. The molecule has 2 aromatic heterocycles. The molecule has 0 amide bonds. The fourth-order valence-electron chi connectivity index (χ4n) is 1.90. The van der Waals surface area contributed by atoms with Crippen LogP contribution in [0.1, 0.15) is 17.0 Å². The van der Waals surface area contributed by atoms with Crippen molar-refractivity contribution in [3.8, 4) is 11.7 Å². The first-order valence-electron chi connectivity index (χ1n) is 6.72. The SMILES string of the molecule is Cc1ccnc(OCc2cn(-c3ccc(F)c(C)c3)nn2)n1. The number of aromatic nitrogens is 5. The fourth-order valence-corrected chi connectivity index (χ4v) is 1.90. The van der Waals surface area contributed by atoms with Crippen molar-refractivity contribution in [1.29, 1.82) is 0 Å². The molecule has 6 nitrogen and oxygen atoms in total. The molecule has 0 unspecified atom stereocenters. The number of aryl methyl sites for hydroxylation is 2. The molecule has 112 valence electrons. The van der Waals surface area contributed by atoms with Crippen LogP contribution in [0.5, 0.6) is 6.01 Å². The summed E-state index contributed by atoms with van der Waals surface area (Å²) < 4.78 is 20.3. The van der Waals surface area contributed by atoms with Crippen LogP contribution in [0.25, 0.3) is 5.69 Å². The molecular weight excluding hydrogens is 285 g/mol. The molecule has 3 aromatic rings. The predicted octanol–water partition coefficient (Wildman–Crippen LogP) is 2.39. The third kappa shape index (κ3) is 3.08. The first-order valence-corrected chi connectivity index (χ1v) is 6.72. The average molecular weight is 299 g/mol. The molecule has 0 aliphatic heterocycles. The summed E-state index contributed by atoms with van der Waals surface area (Å²) >= 11 is 0. The lowest BCUT2D eigenvalue weighted by Crippen LogP contribution is -2.00. The molecule has 0 atom stereocenters. The maximum Gasteiger partial charge on any atom is 0.316 e. The lowest BCUT2D eigenvalue weighted by molar-refractivity contribution is 0.275. The molecular formula is C15H14FN5O. The highest BCUT2D eigenvalue weighted by Gasteiger charge is 2.06. The standard InChI is InChI=1S/C15H14FN5O/c1-10-7-13(3-4-14(10)16)21-8-12(19-20-21)9-22-15-17-6-5-11(2)18-15/h3-8H,9H2,1-2H3. The van der Waals surface area contributed by atoms with Crippen molar-refractivity contribution >= 4 is 0 Å². The quantitative estimate of drug-likeness (QED) is 0.740. The second kappa shape index (κ2) is 5.88. The van der Waals surface area contributed by atoms with Crippen LogP contribution in [-0.4, -0.2) is 25.0 Å². The summed E-state index contributed by atoms with van der Waals surface area (Å²) in [6.07, 6.45) is 3.36. The zero-order valence-electron chi connectivity index (χ0n) is 12.2. The van der Waals surface area contributed by atoms with E-state index in [-0.39, 0.29) is 12.4 Å². The third-order valence-corrected chi connectivity index (χ3v) is 3.07. The molecule has 0 spiro atoms. The summed E-state index contributed by atoms with van der Waals surface area (Å²) in [4.78, 5) is 8.16. The normalized spacial score (nSPS) is 10.7. The van der Waals surface area contributed by atoms with Gasteiger partial charge in [0.25, 0.3) is 0 Å². The molecule has 0 saturated carbocycles. The Balaban J connectivity index is 1.72. The summed E-state index contributed by atoms with van der Waals surface area (Å²) in [5, 5.41) is 8.03. The minimum atomic E-state index is -0.246. The Labute approximate surface area is 126 Å². The van der Waals surface area contributed by atoms with E-state index < -0.39 is 0 Å². The van der Waals surface area contributed by atoms with E-state index in [4.69, 9.17) is 4.74 Å². The first-order chi connectivity index (χ1) is 10.6. The molecule has 0 aliphatic carbocycles. The van der Waals surface area contributed by atoms with Gasteiger partial charge in [-0.05, 0) is 43.7 Å². The van der Waals surface area contributed by atoms with Crippen LogP contribution in [0.15, 0.2) is 36.7 Å². The summed E-state index contributed by atoms with van der Waals surface area (Å²) in [6.45, 7) is 3.78. The molecule has 1 aromatic carbocycles. The first kappa shape index (κ1) is 14.1. The van der Waals surface area contributed by atoms with Gasteiger partial charge in [-0.3, -0.25) is 0 Å². The van der Waals surface area contributed by atoms with E-state index in [0.29, 0.717) is 17.3 Å². The van der Waals surface area contributed by atoms with Crippen molar-refractivity contribution in [1.82, 2.24) is 25.0 Å². The van der Waals surface area contributed by atoms with E-state index in [9.17, 15) is 4.39 Å². The molecule has 3 rings (SSSR count). The smallest absolute Gasteiger partial charge is 0.316 e. The molecule has 0 aliphatic rings. The van der Waals surface area contributed by atoms with Crippen molar-refractivity contribution < 1.29 is 9.13 Å². The predicted molar refractivity (Wildman–Crippen MR) is 77.2 cm³/mol. The van der Waals surface area contributed by atoms with Gasteiger partial charge in [0.2, 0.25) is 0 Å². The monoisotopic (exact) mass is 299 g/mol. The van der Waals surface area contributed by atoms with Gasteiger partial charge >= 0.3 is 6.01 Å². The van der Waals surface area contributed by atoms with E-state index in [1.165, 1.54) is 6.07 Å². The minimum absolute atomic E-state index is 0.212. The molecule has 0 fully saturated rings. The van der Waals surface area contributed by atoms with Gasteiger partial charge in [0.15, 0.2) is 0 Å². The van der Waals surface area contributed by atoms with Crippen LogP contribution in [0, 0.1) is 19.7 Å². The second-order valence-corrected chi connectivity index (χ2v) is 4.86. The van der Waals surface area contributed by atoms with Crippen LogP contribution < -0.4 is 4.74 Å². The average Bonchev–Trinajstić information content (AvgIpc) is 2.97. The Morgan fingerprint density at radius 1 is 1.23 bits per heavy atom. The van der Waals surface area contributed by atoms with Gasteiger partial charge in [-0.1, -0.05) is 5.21 Å². The second-order valence-electron chi connectivity index (χ2n) is 4.86. The van der Waals surface area contributed by atoms with E-state index >= 15 is 0 Å². The molecule has 7 heteroatoms. The van der Waals surface area contributed by atoms with Crippen molar-refractivity contribution in [3.63, 3.8) is 0 Å². The summed E-state index contributed by atoms with van der Waals surface area (Å²) in [6, 6.07) is 6.85. The highest BCUT2D eigenvalue weighted by Crippen LogP contribution is 2.13. The zero-order valence-corrected chi connectivity index (χ0v) is 12.2. The van der Waals surface area contributed by atoms with Gasteiger partial charge in [-0.25, -0.2) is 19.0 Å². The van der Waals surface area contributed by atoms with Crippen LogP contribution in [0.3, 0.4) is 0 Å². The Bertz CT molecular complexity index is 802. The number of halogens is 1. The van der Waals surface area contributed by atoms with Gasteiger partial charge in [-0.15, -0.1) is 5.10 Å². The Morgan fingerprint density at radius 3 is 2.86 bits per heavy atom. The highest BCUT2D eigenvalue weighted by atomic mass is 19.1. The van der Waals surface area contributed by atoms with Crippen LogP contribution >= 0.6 is 0 Å². The van der Waals surface area contributed by atoms with Crippen molar-refractivity contribution in [3.05, 3.63) is 59.4 Å². The molecule has 0 saturated heterocycles. The fraction of sp³-hybridized carbons (Fsp3) is 0.200. The Hall–Kier alpha value is -2.83. The largest absolute Gasteiger partial charge is 0.457 e. The molecule has 2 heterocycles. The third-order valence-electron chi connectivity index (χ3n) is 3.07. The van der Waals surface area contributed by atoms with Crippen LogP contribution in [0.2, 0.25) is 0 Å². The van der Waals surface area contributed by atoms with Crippen LogP contribution in [-0.2, 0) is 6.61 Å². The number of hydrogen-bond donors (Lipinski definition) is 0. The van der Waals surface area contributed by atoms with Crippen molar-refractivity contribution in [2.45, 2.75) is 20.5 Å². The van der Waals surface area contributed by atoms with E-state index in [2.05, 4.69) is 20.3 Å². The minimum Gasteiger partial charge on any atom is -0.457 e. The number of benzene rings is 1. The lowest BCUT2D eigenvalue weighted by Gasteiger charge is -2.02. The molecule has 0 radical (unpaired) electrons. The van der Waals surface area contributed by atoms with Gasteiger partial charge < -0.3 is 4.74 Å². The summed E-state index contributed by atoms with van der Waals surface area (Å²) in [5.74, 6) is -0.246. The number of nitrogens with zero attached hydrogens (tertiary/aromatic N) is 5. The van der Waals surface area contributed by atoms with Gasteiger partial charge in [-0.2, -0.15) is 0 Å². The highest BCUT2D eigenvalue weighted by molar-refractivity contribution is 5.35. The van der Waals surface area contributed by atoms with E-state index in [1.54, 1.807) is 42.2 Å². The number of ether oxygens (including phenoxy) is 1. The zero-order chi connectivity index (χ0) is 15.5. The molecule has 0 N–H and O–H groups in total. The lowest BCUT2D eigenvalue weighted by atomic mass is 10.2. The molecule has 22 heavy (non-hydrogen) atoms. The van der Waals surface area contributed by atoms with E-state index in [0.717, 1.165) is 11.4 Å². The Kier molecular flexibility index (Phi) is 3.78. The van der Waals surface area contributed by atoms with Crippen molar-refractivity contribution in [2.24, 2.45) is 0 Å². The number of hydrogen-bond acceptors (Lipinski definition) is 5. The molecule has 0 bridgehead atoms. The maximum atomic E-state index is 13.3. The van der Waals surface area contributed by atoms with Gasteiger partial charge in [0.1, 0.15) is 18.1 Å².